The maximum atomic E-state index is 11.8. The molecule has 2 rings (SSSR count). The number of carbonyl (C=O) groups is 1. The van der Waals surface area contributed by atoms with Crippen LogP contribution in [0.4, 0.5) is 0 Å². The summed E-state index contributed by atoms with van der Waals surface area (Å²) in [6.07, 6.45) is 7.86. The van der Waals surface area contributed by atoms with Crippen LogP contribution >= 0.6 is 0 Å². The van der Waals surface area contributed by atoms with Crippen LogP contribution in [0.15, 0.2) is 12.2 Å². The summed E-state index contributed by atoms with van der Waals surface area (Å²) >= 11 is 0. The van der Waals surface area contributed by atoms with Gasteiger partial charge in [0.15, 0.2) is 0 Å². The number of carbonyl (C=O) groups excluding carboxylic acids is 1. The van der Waals surface area contributed by atoms with Crippen LogP contribution < -0.4 is 10.5 Å². The summed E-state index contributed by atoms with van der Waals surface area (Å²) in [6.45, 7) is 0. The van der Waals surface area contributed by atoms with Crippen molar-refractivity contribution in [1.29, 1.82) is 0 Å². The normalized spacial score (nSPS) is 39.1. The highest BCUT2D eigenvalue weighted by atomic mass is 32.2. The molecule has 0 aromatic heterocycles. The number of amides is 1. The number of fused-ring (bicyclic) bond motifs is 1. The van der Waals surface area contributed by atoms with Gasteiger partial charge in [-0.05, 0) is 25.7 Å². The Morgan fingerprint density at radius 3 is 2.88 bits per heavy atom. The highest BCUT2D eigenvalue weighted by molar-refractivity contribution is 7.90. The molecule has 0 radical (unpaired) electrons. The van der Waals surface area contributed by atoms with Crippen LogP contribution in [0.5, 0.6) is 0 Å². The van der Waals surface area contributed by atoms with E-state index in [1.807, 2.05) is 12.2 Å². The van der Waals surface area contributed by atoms with Gasteiger partial charge in [-0.2, -0.15) is 0 Å². The number of hydrogen-bond acceptors (Lipinski definition) is 4. The minimum Gasteiger partial charge on any atom is -0.317 e. The fraction of sp³-hybridized carbons (Fsp3) is 0.727. The number of nitrogens with one attached hydrogen (secondary N) is 1. The fourth-order valence-corrected chi connectivity index (χ4v) is 3.24. The van der Waals surface area contributed by atoms with Crippen LogP contribution in [0.2, 0.25) is 0 Å². The Labute approximate surface area is 101 Å². The van der Waals surface area contributed by atoms with Gasteiger partial charge < -0.3 is 5.73 Å². The SMILES string of the molecule is NC12CC1/C=C\CCCCCS(=O)(=O)NC2=O. The number of rotatable bonds is 0. The Balaban J connectivity index is 2.13. The van der Waals surface area contributed by atoms with Gasteiger partial charge in [-0.25, -0.2) is 8.42 Å². The largest absolute Gasteiger partial charge is 0.317 e. The zero-order valence-electron chi connectivity index (χ0n) is 9.69. The van der Waals surface area contributed by atoms with Gasteiger partial charge in [0.25, 0.3) is 5.91 Å². The van der Waals surface area contributed by atoms with Crippen LogP contribution in [0.25, 0.3) is 0 Å². The monoisotopic (exact) mass is 258 g/mol. The first kappa shape index (κ1) is 12.6. The van der Waals surface area contributed by atoms with E-state index < -0.39 is 21.5 Å². The fourth-order valence-electron chi connectivity index (χ4n) is 2.08. The van der Waals surface area contributed by atoms with Crippen molar-refractivity contribution < 1.29 is 13.2 Å². The molecule has 0 aromatic carbocycles. The molecular weight excluding hydrogens is 240 g/mol. The van der Waals surface area contributed by atoms with Gasteiger partial charge in [-0.3, -0.25) is 9.52 Å². The van der Waals surface area contributed by atoms with Crippen LogP contribution in [-0.2, 0) is 14.8 Å². The zero-order chi connectivity index (χ0) is 12.5. The molecule has 1 heterocycles. The molecule has 1 aliphatic heterocycles. The van der Waals surface area contributed by atoms with Gasteiger partial charge in [0.2, 0.25) is 10.0 Å². The maximum Gasteiger partial charge on any atom is 0.254 e. The van der Waals surface area contributed by atoms with Gasteiger partial charge in [0.05, 0.1) is 5.75 Å². The van der Waals surface area contributed by atoms with E-state index in [4.69, 9.17) is 5.73 Å². The summed E-state index contributed by atoms with van der Waals surface area (Å²) in [7, 11) is -3.51. The van der Waals surface area contributed by atoms with E-state index in [-0.39, 0.29) is 11.7 Å². The van der Waals surface area contributed by atoms with E-state index in [1.165, 1.54) is 0 Å². The lowest BCUT2D eigenvalue weighted by atomic mass is 10.1. The molecule has 0 aromatic rings. The molecule has 96 valence electrons. The van der Waals surface area contributed by atoms with Crippen molar-refractivity contribution in [3.05, 3.63) is 12.2 Å². The van der Waals surface area contributed by atoms with Gasteiger partial charge in [-0.15, -0.1) is 0 Å². The lowest BCUT2D eigenvalue weighted by Crippen LogP contribution is -2.47. The summed E-state index contributed by atoms with van der Waals surface area (Å²) in [5.41, 5.74) is 4.86. The standard InChI is InChI=1S/C11H18N2O3S/c12-11-8-9(11)6-4-2-1-3-5-7-17(15,16)13-10(11)14/h4,6,9H,1-3,5,7-8,12H2,(H,13,14)/b6-4-. The first-order valence-corrected chi connectivity index (χ1v) is 7.60. The number of nitrogens with two attached hydrogens (primary N) is 1. The Morgan fingerprint density at radius 2 is 2.12 bits per heavy atom. The number of hydrogen-bond donors (Lipinski definition) is 2. The van der Waals surface area contributed by atoms with Crippen LogP contribution in [0, 0.1) is 5.92 Å². The second-order valence-corrected chi connectivity index (χ2v) is 6.72. The molecular formula is C11H18N2O3S. The highest BCUT2D eigenvalue weighted by Gasteiger charge is 2.56. The molecule has 0 spiro atoms. The average Bonchev–Trinajstić information content (AvgIpc) is 2.88. The summed E-state index contributed by atoms with van der Waals surface area (Å²) in [5.74, 6) is -0.576. The molecule has 0 bridgehead atoms. The van der Waals surface area contributed by atoms with E-state index in [0.29, 0.717) is 12.8 Å². The maximum absolute atomic E-state index is 11.8. The van der Waals surface area contributed by atoms with E-state index in [1.54, 1.807) is 0 Å². The second-order valence-electron chi connectivity index (χ2n) is 4.88. The number of allylic oxidation sites excluding steroid dienone is 1. The molecule has 17 heavy (non-hydrogen) atoms. The number of sulfonamides is 1. The summed E-state index contributed by atoms with van der Waals surface area (Å²) in [6, 6.07) is 0. The van der Waals surface area contributed by atoms with Crippen LogP contribution in [0.1, 0.15) is 32.1 Å². The molecule has 1 saturated carbocycles. The van der Waals surface area contributed by atoms with Crippen molar-refractivity contribution >= 4 is 15.9 Å². The van der Waals surface area contributed by atoms with Crippen LogP contribution in [-0.4, -0.2) is 25.6 Å². The minimum atomic E-state index is -3.51. The molecule has 1 fully saturated rings. The van der Waals surface area contributed by atoms with Gasteiger partial charge in [0, 0.05) is 5.92 Å². The van der Waals surface area contributed by atoms with Crippen molar-refractivity contribution in [2.45, 2.75) is 37.6 Å². The molecule has 1 amide bonds. The van der Waals surface area contributed by atoms with Gasteiger partial charge >= 0.3 is 0 Å². The van der Waals surface area contributed by atoms with Crippen molar-refractivity contribution in [1.82, 2.24) is 4.72 Å². The third-order valence-electron chi connectivity index (χ3n) is 3.38. The summed E-state index contributed by atoms with van der Waals surface area (Å²) in [4.78, 5) is 11.8. The van der Waals surface area contributed by atoms with E-state index in [2.05, 4.69) is 4.72 Å². The third kappa shape index (κ3) is 2.87. The summed E-state index contributed by atoms with van der Waals surface area (Å²) < 4.78 is 25.3. The van der Waals surface area contributed by atoms with E-state index in [0.717, 1.165) is 19.3 Å². The molecule has 3 N–H and O–H groups in total. The molecule has 6 heteroatoms. The Bertz CT molecular complexity index is 444. The summed E-state index contributed by atoms with van der Waals surface area (Å²) in [5, 5.41) is 0. The van der Waals surface area contributed by atoms with E-state index >= 15 is 0 Å². The Morgan fingerprint density at radius 1 is 1.35 bits per heavy atom. The third-order valence-corrected chi connectivity index (χ3v) is 4.70. The molecule has 5 nitrogen and oxygen atoms in total. The van der Waals surface area contributed by atoms with E-state index in [9.17, 15) is 13.2 Å². The molecule has 1 aliphatic carbocycles. The molecule has 2 atom stereocenters. The first-order chi connectivity index (χ1) is 7.94. The molecule has 0 saturated heterocycles. The lowest BCUT2D eigenvalue weighted by Gasteiger charge is -2.12. The zero-order valence-corrected chi connectivity index (χ0v) is 10.5. The smallest absolute Gasteiger partial charge is 0.254 e. The topological polar surface area (TPSA) is 89.3 Å². The Kier molecular flexibility index (Phi) is 3.27. The van der Waals surface area contributed by atoms with Gasteiger partial charge in [0.1, 0.15) is 5.54 Å². The predicted octanol–water partition coefficient (Wildman–Crippen LogP) is 0.280. The van der Waals surface area contributed by atoms with Crippen molar-refractivity contribution in [3.8, 4) is 0 Å². The Hall–Kier alpha value is -0.880. The molecule has 2 unspecified atom stereocenters. The van der Waals surface area contributed by atoms with Crippen LogP contribution in [0.3, 0.4) is 0 Å². The first-order valence-electron chi connectivity index (χ1n) is 5.94. The quantitative estimate of drug-likeness (QED) is 0.611. The van der Waals surface area contributed by atoms with Crippen molar-refractivity contribution in [2.75, 3.05) is 5.75 Å². The van der Waals surface area contributed by atoms with Gasteiger partial charge in [-0.1, -0.05) is 18.6 Å². The minimum absolute atomic E-state index is 0.00318. The predicted molar refractivity (Wildman–Crippen MR) is 64.6 cm³/mol. The van der Waals surface area contributed by atoms with Crippen molar-refractivity contribution in [2.24, 2.45) is 11.7 Å². The lowest BCUT2D eigenvalue weighted by molar-refractivity contribution is -0.121. The average molecular weight is 258 g/mol. The molecule has 2 aliphatic rings. The van der Waals surface area contributed by atoms with Crippen molar-refractivity contribution in [3.63, 3.8) is 0 Å². The second kappa shape index (κ2) is 4.42. The highest BCUT2D eigenvalue weighted by Crippen LogP contribution is 2.42.